The summed E-state index contributed by atoms with van der Waals surface area (Å²) in [4.78, 5) is 14.2. The Balaban J connectivity index is 2.17. The number of hydrogen-bond acceptors (Lipinski definition) is 2. The van der Waals surface area contributed by atoms with Gasteiger partial charge in [-0.3, -0.25) is 10.1 Å². The molecule has 0 saturated carbocycles. The minimum absolute atomic E-state index is 0.148. The average molecular weight is 315 g/mol. The van der Waals surface area contributed by atoms with E-state index in [4.69, 9.17) is 11.6 Å². The van der Waals surface area contributed by atoms with Crippen molar-refractivity contribution in [3.63, 3.8) is 0 Å². The molecule has 0 fully saturated rings. The Hall–Kier alpha value is -2.33. The third-order valence-corrected chi connectivity index (χ3v) is 4.15. The molecule has 0 aliphatic rings. The number of benzene rings is 2. The number of rotatable bonds is 4. The van der Waals surface area contributed by atoms with E-state index < -0.39 is 0 Å². The summed E-state index contributed by atoms with van der Waals surface area (Å²) in [5.74, 6) is -0.302. The van der Waals surface area contributed by atoms with Crippen LogP contribution >= 0.6 is 11.6 Å². The Morgan fingerprint density at radius 1 is 1.18 bits per heavy atom. The molecule has 0 saturated heterocycles. The molecule has 1 N–H and O–H groups in total. The average Bonchev–Trinajstić information content (AvgIpc) is 2.81. The maximum atomic E-state index is 11.2. The van der Waals surface area contributed by atoms with Crippen molar-refractivity contribution >= 4 is 22.5 Å². The van der Waals surface area contributed by atoms with Gasteiger partial charge in [-0.2, -0.15) is 0 Å². The van der Waals surface area contributed by atoms with E-state index in [1.54, 1.807) is 12.1 Å². The second kappa shape index (κ2) is 5.81. The fourth-order valence-corrected chi connectivity index (χ4v) is 3.08. The van der Waals surface area contributed by atoms with Crippen LogP contribution < -0.4 is 0 Å². The SMILES string of the molecule is Cc1[nH]c2ccccc2c1C(C[N+](=O)[O-])c1ccc(Cl)cc1. The number of nitrogens with zero attached hydrogens (tertiary/aromatic N) is 1. The molecule has 0 aliphatic carbocycles. The first kappa shape index (κ1) is 14.6. The first-order valence-electron chi connectivity index (χ1n) is 7.00. The lowest BCUT2D eigenvalue weighted by molar-refractivity contribution is -0.481. The van der Waals surface area contributed by atoms with Crippen molar-refractivity contribution in [2.24, 2.45) is 0 Å². The maximum absolute atomic E-state index is 11.2. The van der Waals surface area contributed by atoms with E-state index in [1.807, 2.05) is 43.3 Å². The highest BCUT2D eigenvalue weighted by Gasteiger charge is 2.25. The van der Waals surface area contributed by atoms with Crippen LogP contribution in [0.3, 0.4) is 0 Å². The number of aromatic nitrogens is 1. The summed E-state index contributed by atoms with van der Waals surface area (Å²) in [6.07, 6.45) is 0. The minimum atomic E-state index is -0.302. The van der Waals surface area contributed by atoms with Gasteiger partial charge in [0.1, 0.15) is 0 Å². The molecule has 0 radical (unpaired) electrons. The lowest BCUT2D eigenvalue weighted by atomic mass is 9.89. The van der Waals surface area contributed by atoms with E-state index in [2.05, 4.69) is 4.98 Å². The van der Waals surface area contributed by atoms with Gasteiger partial charge in [-0.15, -0.1) is 0 Å². The Morgan fingerprint density at radius 2 is 1.86 bits per heavy atom. The number of nitrogens with one attached hydrogen (secondary N) is 1. The summed E-state index contributed by atoms with van der Waals surface area (Å²) >= 11 is 5.93. The predicted octanol–water partition coefficient (Wildman–Crippen LogP) is 4.54. The van der Waals surface area contributed by atoms with Crippen LogP contribution in [0.25, 0.3) is 10.9 Å². The van der Waals surface area contributed by atoms with Gasteiger partial charge in [-0.25, -0.2) is 0 Å². The van der Waals surface area contributed by atoms with Crippen LogP contribution in [0.5, 0.6) is 0 Å². The summed E-state index contributed by atoms with van der Waals surface area (Å²) in [5.41, 5.74) is 3.84. The van der Waals surface area contributed by atoms with Crippen LogP contribution in [0.4, 0.5) is 0 Å². The number of aromatic amines is 1. The largest absolute Gasteiger partial charge is 0.358 e. The molecule has 1 unspecified atom stereocenters. The number of H-pyrrole nitrogens is 1. The van der Waals surface area contributed by atoms with Crippen LogP contribution in [0, 0.1) is 17.0 Å². The van der Waals surface area contributed by atoms with Gasteiger partial charge >= 0.3 is 0 Å². The van der Waals surface area contributed by atoms with Crippen LogP contribution in [0.1, 0.15) is 22.7 Å². The van der Waals surface area contributed by atoms with Gasteiger partial charge in [-0.05, 0) is 36.2 Å². The molecule has 22 heavy (non-hydrogen) atoms. The minimum Gasteiger partial charge on any atom is -0.358 e. The Labute approximate surface area is 132 Å². The van der Waals surface area contributed by atoms with Gasteiger partial charge in [0.05, 0.1) is 5.92 Å². The molecule has 1 atom stereocenters. The van der Waals surface area contributed by atoms with E-state index in [-0.39, 0.29) is 17.4 Å². The molecule has 4 nitrogen and oxygen atoms in total. The molecular formula is C17H15ClN2O2. The molecule has 3 rings (SSSR count). The van der Waals surface area contributed by atoms with E-state index in [1.165, 1.54) is 0 Å². The number of aryl methyl sites for hydroxylation is 1. The highest BCUT2D eigenvalue weighted by molar-refractivity contribution is 6.30. The monoisotopic (exact) mass is 314 g/mol. The van der Waals surface area contributed by atoms with Gasteiger partial charge in [0, 0.05) is 26.5 Å². The molecule has 5 heteroatoms. The first-order valence-corrected chi connectivity index (χ1v) is 7.38. The van der Waals surface area contributed by atoms with Gasteiger partial charge in [0.25, 0.3) is 0 Å². The highest BCUT2D eigenvalue weighted by Crippen LogP contribution is 2.34. The topological polar surface area (TPSA) is 58.9 Å². The van der Waals surface area contributed by atoms with Gasteiger partial charge in [0.2, 0.25) is 6.54 Å². The van der Waals surface area contributed by atoms with Crippen molar-refractivity contribution in [3.05, 3.63) is 80.5 Å². The first-order chi connectivity index (χ1) is 10.6. The molecular weight excluding hydrogens is 300 g/mol. The fourth-order valence-electron chi connectivity index (χ4n) is 2.95. The summed E-state index contributed by atoms with van der Waals surface area (Å²) in [5, 5.41) is 12.8. The van der Waals surface area contributed by atoms with Crippen LogP contribution in [-0.2, 0) is 0 Å². The molecule has 1 heterocycles. The zero-order valence-electron chi connectivity index (χ0n) is 12.0. The smallest absolute Gasteiger partial charge is 0.214 e. The van der Waals surface area contributed by atoms with Crippen molar-refractivity contribution < 1.29 is 4.92 Å². The normalized spacial score (nSPS) is 12.5. The molecule has 112 valence electrons. The molecule has 0 amide bonds. The molecule has 3 aromatic rings. The lowest BCUT2D eigenvalue weighted by Crippen LogP contribution is -2.14. The van der Waals surface area contributed by atoms with Crippen molar-refractivity contribution in [2.45, 2.75) is 12.8 Å². The summed E-state index contributed by atoms with van der Waals surface area (Å²) in [6.45, 7) is 1.81. The quantitative estimate of drug-likeness (QED) is 0.568. The summed E-state index contributed by atoms with van der Waals surface area (Å²) in [6, 6.07) is 15.1. The predicted molar refractivity (Wildman–Crippen MR) is 88.2 cm³/mol. The Kier molecular flexibility index (Phi) is 3.86. The summed E-state index contributed by atoms with van der Waals surface area (Å²) in [7, 11) is 0. The van der Waals surface area contributed by atoms with Gasteiger partial charge in [-0.1, -0.05) is 41.9 Å². The number of nitro groups is 1. The van der Waals surface area contributed by atoms with E-state index in [0.29, 0.717) is 5.02 Å². The maximum Gasteiger partial charge on any atom is 0.214 e. The molecule has 0 spiro atoms. The van der Waals surface area contributed by atoms with Crippen LogP contribution in [-0.4, -0.2) is 16.5 Å². The van der Waals surface area contributed by atoms with Crippen LogP contribution in [0.2, 0.25) is 5.02 Å². The second-order valence-corrected chi connectivity index (χ2v) is 5.77. The van der Waals surface area contributed by atoms with E-state index in [0.717, 1.165) is 27.7 Å². The van der Waals surface area contributed by atoms with E-state index >= 15 is 0 Å². The van der Waals surface area contributed by atoms with Crippen molar-refractivity contribution in [1.82, 2.24) is 4.98 Å². The van der Waals surface area contributed by atoms with Crippen molar-refractivity contribution in [3.8, 4) is 0 Å². The highest BCUT2D eigenvalue weighted by atomic mass is 35.5. The summed E-state index contributed by atoms with van der Waals surface area (Å²) < 4.78 is 0. The molecule has 0 aliphatic heterocycles. The number of hydrogen-bond donors (Lipinski definition) is 1. The Morgan fingerprint density at radius 3 is 2.55 bits per heavy atom. The van der Waals surface area contributed by atoms with Crippen molar-refractivity contribution in [1.29, 1.82) is 0 Å². The van der Waals surface area contributed by atoms with E-state index in [9.17, 15) is 10.1 Å². The molecule has 1 aromatic heterocycles. The lowest BCUT2D eigenvalue weighted by Gasteiger charge is -2.14. The standard InChI is InChI=1S/C17H15ClN2O2/c1-11-17(14-4-2-3-5-16(14)19-11)15(10-20(21)22)12-6-8-13(18)9-7-12/h2-9,15,19H,10H2,1H3. The number of fused-ring (bicyclic) bond motifs is 1. The Bertz CT molecular complexity index is 824. The zero-order valence-corrected chi connectivity index (χ0v) is 12.8. The molecule has 2 aromatic carbocycles. The number of halogens is 1. The third kappa shape index (κ3) is 2.70. The fraction of sp³-hybridized carbons (Fsp3) is 0.176. The van der Waals surface area contributed by atoms with Gasteiger partial charge < -0.3 is 4.98 Å². The number of para-hydroxylation sites is 1. The molecule has 0 bridgehead atoms. The third-order valence-electron chi connectivity index (χ3n) is 3.90. The zero-order chi connectivity index (χ0) is 15.7. The van der Waals surface area contributed by atoms with Gasteiger partial charge in [0.15, 0.2) is 0 Å². The second-order valence-electron chi connectivity index (χ2n) is 5.33. The van der Waals surface area contributed by atoms with Crippen LogP contribution in [0.15, 0.2) is 48.5 Å². The van der Waals surface area contributed by atoms with Crippen molar-refractivity contribution in [2.75, 3.05) is 6.54 Å².